The third-order valence-corrected chi connectivity index (χ3v) is 5.41. The van der Waals surface area contributed by atoms with Gasteiger partial charge in [0, 0.05) is 42.2 Å². The molecular formula is C23H20N4O2. The number of nitrogens with zero attached hydrogens (tertiary/aromatic N) is 2. The Labute approximate surface area is 167 Å². The Hall–Kier alpha value is -3.67. The van der Waals surface area contributed by atoms with Crippen molar-refractivity contribution >= 4 is 22.6 Å². The maximum atomic E-state index is 13.0. The second-order valence-corrected chi connectivity index (χ2v) is 7.33. The van der Waals surface area contributed by atoms with Crippen molar-refractivity contribution < 1.29 is 9.59 Å². The van der Waals surface area contributed by atoms with E-state index in [2.05, 4.69) is 15.5 Å². The lowest BCUT2D eigenvalue weighted by Crippen LogP contribution is -2.22. The molecule has 29 heavy (non-hydrogen) atoms. The van der Waals surface area contributed by atoms with E-state index in [-0.39, 0.29) is 11.7 Å². The number of aromatic nitrogens is 3. The molecule has 1 aliphatic rings. The number of amides is 1. The molecule has 1 amide bonds. The van der Waals surface area contributed by atoms with E-state index in [1.54, 1.807) is 6.20 Å². The van der Waals surface area contributed by atoms with Gasteiger partial charge in [-0.2, -0.15) is 5.10 Å². The van der Waals surface area contributed by atoms with Crippen molar-refractivity contribution in [2.75, 3.05) is 6.54 Å². The van der Waals surface area contributed by atoms with Crippen LogP contribution in [-0.4, -0.2) is 33.0 Å². The van der Waals surface area contributed by atoms with E-state index in [0.29, 0.717) is 24.2 Å². The number of carbonyl (C=O) groups excluding carboxylic acids is 2. The third-order valence-electron chi connectivity index (χ3n) is 5.41. The highest BCUT2D eigenvalue weighted by molar-refractivity contribution is 6.03. The smallest absolute Gasteiger partial charge is 0.267 e. The normalized spacial score (nSPS) is 13.7. The van der Waals surface area contributed by atoms with Crippen LogP contribution in [0.2, 0.25) is 0 Å². The average Bonchev–Trinajstić information content (AvgIpc) is 3.35. The minimum atomic E-state index is -0.0535. The van der Waals surface area contributed by atoms with E-state index in [1.807, 2.05) is 59.2 Å². The third kappa shape index (κ3) is 3.23. The molecule has 3 heterocycles. The SMILES string of the molecule is O=C(Cc1cccc(-c2ccn[nH]2)c1)c1ccc2cc3n(c2c1)CCCNC3=O. The van der Waals surface area contributed by atoms with E-state index >= 15 is 0 Å². The highest BCUT2D eigenvalue weighted by Gasteiger charge is 2.19. The van der Waals surface area contributed by atoms with Crippen LogP contribution in [0.1, 0.15) is 32.8 Å². The lowest BCUT2D eigenvalue weighted by atomic mass is 10.00. The van der Waals surface area contributed by atoms with Crippen molar-refractivity contribution in [3.63, 3.8) is 0 Å². The molecule has 144 valence electrons. The van der Waals surface area contributed by atoms with Crippen LogP contribution in [0.3, 0.4) is 0 Å². The molecule has 0 radical (unpaired) electrons. The van der Waals surface area contributed by atoms with Crippen molar-refractivity contribution in [2.45, 2.75) is 19.4 Å². The van der Waals surface area contributed by atoms with E-state index in [9.17, 15) is 9.59 Å². The van der Waals surface area contributed by atoms with Gasteiger partial charge in [-0.15, -0.1) is 0 Å². The highest BCUT2D eigenvalue weighted by Crippen LogP contribution is 2.24. The maximum absolute atomic E-state index is 13.0. The van der Waals surface area contributed by atoms with Gasteiger partial charge in [-0.05, 0) is 41.8 Å². The van der Waals surface area contributed by atoms with Gasteiger partial charge in [0.25, 0.3) is 5.91 Å². The predicted molar refractivity (Wildman–Crippen MR) is 111 cm³/mol. The summed E-state index contributed by atoms with van der Waals surface area (Å²) < 4.78 is 2.02. The largest absolute Gasteiger partial charge is 0.351 e. The predicted octanol–water partition coefficient (Wildman–Crippen LogP) is 3.59. The molecule has 0 bridgehead atoms. The Morgan fingerprint density at radius 2 is 2.03 bits per heavy atom. The number of benzene rings is 2. The molecule has 5 rings (SSSR count). The number of hydrogen-bond acceptors (Lipinski definition) is 3. The van der Waals surface area contributed by atoms with E-state index in [4.69, 9.17) is 0 Å². The number of rotatable bonds is 4. The summed E-state index contributed by atoms with van der Waals surface area (Å²) in [5.41, 5.74) is 5.15. The average molecular weight is 384 g/mol. The lowest BCUT2D eigenvalue weighted by Gasteiger charge is -2.07. The van der Waals surface area contributed by atoms with E-state index < -0.39 is 0 Å². The van der Waals surface area contributed by atoms with Crippen molar-refractivity contribution in [2.24, 2.45) is 0 Å². The first-order valence-corrected chi connectivity index (χ1v) is 9.72. The van der Waals surface area contributed by atoms with Crippen molar-refractivity contribution in [3.8, 4) is 11.3 Å². The molecule has 0 saturated heterocycles. The number of nitrogens with one attached hydrogen (secondary N) is 2. The van der Waals surface area contributed by atoms with Crippen molar-refractivity contribution in [3.05, 3.63) is 77.6 Å². The molecule has 0 spiro atoms. The minimum absolute atomic E-state index is 0.0535. The van der Waals surface area contributed by atoms with E-state index in [1.165, 1.54) is 0 Å². The van der Waals surface area contributed by atoms with Gasteiger partial charge >= 0.3 is 0 Å². The number of hydrogen-bond donors (Lipinski definition) is 2. The second kappa shape index (κ2) is 7.05. The fourth-order valence-corrected chi connectivity index (χ4v) is 3.94. The summed E-state index contributed by atoms with van der Waals surface area (Å²) in [6.45, 7) is 1.44. The first kappa shape index (κ1) is 17.4. The molecule has 0 atom stereocenters. The van der Waals surface area contributed by atoms with Gasteiger partial charge in [0.05, 0.1) is 5.69 Å². The summed E-state index contributed by atoms with van der Waals surface area (Å²) in [6.07, 6.45) is 2.91. The number of aromatic amines is 1. The molecule has 2 aromatic heterocycles. The molecule has 0 fully saturated rings. The molecule has 0 saturated carbocycles. The van der Waals surface area contributed by atoms with E-state index in [0.717, 1.165) is 40.7 Å². The van der Waals surface area contributed by atoms with Crippen LogP contribution in [0, 0.1) is 0 Å². The molecule has 4 aromatic rings. The summed E-state index contributed by atoms with van der Waals surface area (Å²) in [4.78, 5) is 25.2. The van der Waals surface area contributed by atoms with Crippen LogP contribution in [0.4, 0.5) is 0 Å². The Bertz CT molecular complexity index is 1220. The summed E-state index contributed by atoms with van der Waals surface area (Å²) in [7, 11) is 0. The second-order valence-electron chi connectivity index (χ2n) is 7.33. The standard InChI is InChI=1S/C23H20N4O2/c28-22(12-15-3-1-4-16(11-15)19-7-9-25-26-19)18-6-5-17-13-21-23(29)24-8-2-10-27(21)20(17)14-18/h1,3-7,9,11,13-14H,2,8,10,12H2,(H,24,29)(H,25,26). The molecule has 0 unspecified atom stereocenters. The Morgan fingerprint density at radius 1 is 1.10 bits per heavy atom. The zero-order chi connectivity index (χ0) is 19.8. The number of Topliss-reactive ketones (excluding diaryl/α,β-unsaturated/α-hetero) is 1. The van der Waals surface area contributed by atoms with Gasteiger partial charge < -0.3 is 9.88 Å². The van der Waals surface area contributed by atoms with Crippen LogP contribution < -0.4 is 5.32 Å². The van der Waals surface area contributed by atoms with Crippen LogP contribution in [-0.2, 0) is 13.0 Å². The van der Waals surface area contributed by atoms with Crippen LogP contribution in [0.25, 0.3) is 22.2 Å². The van der Waals surface area contributed by atoms with Gasteiger partial charge in [0.2, 0.25) is 0 Å². The van der Waals surface area contributed by atoms with Gasteiger partial charge in [0.15, 0.2) is 5.78 Å². The highest BCUT2D eigenvalue weighted by atomic mass is 16.2. The molecule has 0 aliphatic carbocycles. The molecule has 1 aliphatic heterocycles. The van der Waals surface area contributed by atoms with Crippen LogP contribution in [0.15, 0.2) is 60.8 Å². The van der Waals surface area contributed by atoms with Crippen LogP contribution in [0.5, 0.6) is 0 Å². The molecular weight excluding hydrogens is 364 g/mol. The van der Waals surface area contributed by atoms with Gasteiger partial charge in [-0.3, -0.25) is 14.7 Å². The van der Waals surface area contributed by atoms with Crippen molar-refractivity contribution in [1.29, 1.82) is 0 Å². The molecule has 2 aromatic carbocycles. The topological polar surface area (TPSA) is 79.8 Å². The van der Waals surface area contributed by atoms with Gasteiger partial charge in [-0.1, -0.05) is 30.3 Å². The van der Waals surface area contributed by atoms with Gasteiger partial charge in [-0.25, -0.2) is 0 Å². The van der Waals surface area contributed by atoms with Crippen molar-refractivity contribution in [1.82, 2.24) is 20.1 Å². The number of H-pyrrole nitrogens is 1. The lowest BCUT2D eigenvalue weighted by molar-refractivity contribution is 0.0950. The Balaban J connectivity index is 1.45. The zero-order valence-corrected chi connectivity index (χ0v) is 15.8. The molecule has 6 nitrogen and oxygen atoms in total. The fourth-order valence-electron chi connectivity index (χ4n) is 3.94. The fraction of sp³-hybridized carbons (Fsp3) is 0.174. The Kier molecular flexibility index (Phi) is 4.24. The quantitative estimate of drug-likeness (QED) is 0.528. The van der Waals surface area contributed by atoms with Crippen LogP contribution >= 0.6 is 0 Å². The minimum Gasteiger partial charge on any atom is -0.351 e. The zero-order valence-electron chi connectivity index (χ0n) is 15.8. The number of ketones is 1. The maximum Gasteiger partial charge on any atom is 0.267 e. The molecule has 2 N–H and O–H groups in total. The number of carbonyl (C=O) groups is 2. The summed E-state index contributed by atoms with van der Waals surface area (Å²) in [6, 6.07) is 17.4. The number of fused-ring (bicyclic) bond motifs is 3. The summed E-state index contributed by atoms with van der Waals surface area (Å²) in [5.74, 6) is 0.00415. The first-order chi connectivity index (χ1) is 14.2. The summed E-state index contributed by atoms with van der Waals surface area (Å²) >= 11 is 0. The monoisotopic (exact) mass is 384 g/mol. The summed E-state index contributed by atoms with van der Waals surface area (Å²) in [5, 5.41) is 10.8. The number of aryl methyl sites for hydroxylation is 1. The van der Waals surface area contributed by atoms with Gasteiger partial charge in [0.1, 0.15) is 5.69 Å². The Morgan fingerprint density at radius 3 is 2.90 bits per heavy atom. The first-order valence-electron chi connectivity index (χ1n) is 9.72. The molecule has 6 heteroatoms.